The number of carbonyl (C=O) groups excluding carboxylic acids is 1. The number of rotatable bonds is 3. The second kappa shape index (κ2) is 6.58. The Balaban J connectivity index is 2.13. The van der Waals surface area contributed by atoms with Crippen molar-refractivity contribution in [2.24, 2.45) is 0 Å². The summed E-state index contributed by atoms with van der Waals surface area (Å²) < 4.78 is 44.3. The molecule has 0 spiro atoms. The van der Waals surface area contributed by atoms with Crippen LogP contribution in [0.15, 0.2) is 36.7 Å². The fourth-order valence-electron chi connectivity index (χ4n) is 2.41. The van der Waals surface area contributed by atoms with Gasteiger partial charge in [0.25, 0.3) is 0 Å². The average molecular weight is 363 g/mol. The lowest BCUT2D eigenvalue weighted by molar-refractivity contribution is -0.137. The molecule has 3 aromatic heterocycles. The van der Waals surface area contributed by atoms with Gasteiger partial charge in [-0.3, -0.25) is 4.98 Å². The molecule has 9 heteroatoms. The van der Waals surface area contributed by atoms with Gasteiger partial charge >= 0.3 is 12.1 Å². The Morgan fingerprint density at radius 3 is 2.69 bits per heavy atom. The van der Waals surface area contributed by atoms with Gasteiger partial charge < -0.3 is 9.84 Å². The monoisotopic (exact) mass is 363 g/mol. The number of hydrogen-bond acceptors (Lipinski definition) is 6. The van der Waals surface area contributed by atoms with Crippen LogP contribution in [-0.4, -0.2) is 32.6 Å². The summed E-state index contributed by atoms with van der Waals surface area (Å²) in [5, 5.41) is 10.4. The Bertz CT molecular complexity index is 990. The Hall–Kier alpha value is -3.23. The number of fused-ring (bicyclic) bond motifs is 1. The average Bonchev–Trinajstić information content (AvgIpc) is 2.61. The smallest absolute Gasteiger partial charge is 0.418 e. The van der Waals surface area contributed by atoms with E-state index in [1.165, 1.54) is 30.6 Å². The van der Waals surface area contributed by atoms with E-state index in [9.17, 15) is 23.1 Å². The molecule has 0 unspecified atom stereocenters. The zero-order valence-corrected chi connectivity index (χ0v) is 13.4. The van der Waals surface area contributed by atoms with Crippen molar-refractivity contribution < 1.29 is 27.8 Å². The van der Waals surface area contributed by atoms with Crippen LogP contribution in [0.25, 0.3) is 22.3 Å². The van der Waals surface area contributed by atoms with Crippen LogP contribution >= 0.6 is 0 Å². The molecule has 134 valence electrons. The van der Waals surface area contributed by atoms with Crippen LogP contribution in [0.4, 0.5) is 13.2 Å². The molecule has 0 aromatic carbocycles. The quantitative estimate of drug-likeness (QED) is 0.716. The van der Waals surface area contributed by atoms with Crippen molar-refractivity contribution in [3.8, 4) is 17.1 Å². The third-order valence-corrected chi connectivity index (χ3v) is 3.54. The fourth-order valence-corrected chi connectivity index (χ4v) is 2.41. The minimum Gasteiger partial charge on any atom is -0.505 e. The number of nitrogens with zero attached hydrogens (tertiary/aromatic N) is 3. The second-order valence-electron chi connectivity index (χ2n) is 5.20. The Morgan fingerprint density at radius 1 is 1.23 bits per heavy atom. The number of carbonyl (C=O) groups is 1. The highest BCUT2D eigenvalue weighted by Crippen LogP contribution is 2.36. The molecule has 3 heterocycles. The maximum absolute atomic E-state index is 13.2. The van der Waals surface area contributed by atoms with Gasteiger partial charge in [0.1, 0.15) is 5.69 Å². The third-order valence-electron chi connectivity index (χ3n) is 3.54. The molecular weight excluding hydrogens is 351 g/mol. The zero-order chi connectivity index (χ0) is 18.9. The summed E-state index contributed by atoms with van der Waals surface area (Å²) in [6.45, 7) is 1.71. The van der Waals surface area contributed by atoms with Gasteiger partial charge in [-0.2, -0.15) is 13.2 Å². The summed E-state index contributed by atoms with van der Waals surface area (Å²) in [7, 11) is 0. The van der Waals surface area contributed by atoms with E-state index in [0.717, 1.165) is 6.07 Å². The molecule has 3 rings (SSSR count). The van der Waals surface area contributed by atoms with E-state index >= 15 is 0 Å². The summed E-state index contributed by atoms with van der Waals surface area (Å²) in [5.74, 6) is -1.25. The molecular formula is C17H12F3N3O3. The first-order valence-electron chi connectivity index (χ1n) is 7.51. The number of ether oxygens (including phenoxy) is 1. The molecule has 0 bridgehead atoms. The highest BCUT2D eigenvalue weighted by atomic mass is 19.4. The van der Waals surface area contributed by atoms with E-state index in [0.29, 0.717) is 0 Å². The molecule has 0 aliphatic carbocycles. The molecule has 6 nitrogen and oxygen atoms in total. The van der Waals surface area contributed by atoms with Crippen molar-refractivity contribution in [2.45, 2.75) is 13.1 Å². The maximum atomic E-state index is 13.2. The van der Waals surface area contributed by atoms with Gasteiger partial charge in [-0.05, 0) is 31.2 Å². The van der Waals surface area contributed by atoms with Gasteiger partial charge in [-0.25, -0.2) is 14.8 Å². The number of alkyl halides is 3. The van der Waals surface area contributed by atoms with Crippen molar-refractivity contribution in [3.05, 3.63) is 47.9 Å². The molecule has 0 saturated carbocycles. The normalized spacial score (nSPS) is 11.5. The Kier molecular flexibility index (Phi) is 4.45. The number of pyridine rings is 3. The molecule has 3 aromatic rings. The first kappa shape index (κ1) is 17.6. The van der Waals surface area contributed by atoms with Crippen LogP contribution in [0.1, 0.15) is 23.0 Å². The van der Waals surface area contributed by atoms with E-state index in [2.05, 4.69) is 15.0 Å². The fraction of sp³-hybridized carbons (Fsp3) is 0.176. The predicted molar refractivity (Wildman–Crippen MR) is 85.4 cm³/mol. The first-order chi connectivity index (χ1) is 12.3. The van der Waals surface area contributed by atoms with Gasteiger partial charge in [-0.15, -0.1) is 0 Å². The van der Waals surface area contributed by atoms with Crippen LogP contribution in [0.5, 0.6) is 5.75 Å². The largest absolute Gasteiger partial charge is 0.505 e. The summed E-state index contributed by atoms with van der Waals surface area (Å²) >= 11 is 0. The highest BCUT2D eigenvalue weighted by molar-refractivity contribution is 5.98. The number of halogens is 3. The highest BCUT2D eigenvalue weighted by Gasteiger charge is 2.34. The van der Waals surface area contributed by atoms with Gasteiger partial charge in [0, 0.05) is 11.6 Å². The molecule has 0 saturated heterocycles. The summed E-state index contributed by atoms with van der Waals surface area (Å²) in [6, 6.07) is 4.74. The standard InChI is InChI=1S/C17H12F3N3O3/c1-2-26-16(25)14-15(24)9-5-6-11(23-12(9)8-22-14)13-10(17(18,19)20)4-3-7-21-13/h3-8,24H,2H2,1H3. The Labute approximate surface area is 145 Å². The first-order valence-corrected chi connectivity index (χ1v) is 7.51. The van der Waals surface area contributed by atoms with Crippen molar-refractivity contribution >= 4 is 16.9 Å². The predicted octanol–water partition coefficient (Wildman–Crippen LogP) is 3.59. The molecule has 0 radical (unpaired) electrons. The molecule has 26 heavy (non-hydrogen) atoms. The Morgan fingerprint density at radius 2 is 2.00 bits per heavy atom. The van der Waals surface area contributed by atoms with Crippen molar-refractivity contribution in [3.63, 3.8) is 0 Å². The summed E-state index contributed by atoms with van der Waals surface area (Å²) in [4.78, 5) is 23.4. The van der Waals surface area contributed by atoms with E-state index in [1.54, 1.807) is 6.92 Å². The third kappa shape index (κ3) is 3.15. The maximum Gasteiger partial charge on any atom is 0.418 e. The summed E-state index contributed by atoms with van der Waals surface area (Å²) in [6.07, 6.45) is -2.18. The van der Waals surface area contributed by atoms with Crippen LogP contribution < -0.4 is 0 Å². The SMILES string of the molecule is CCOC(=O)c1ncc2nc(-c3ncccc3C(F)(F)F)ccc2c1O. The molecule has 0 aliphatic heterocycles. The van der Waals surface area contributed by atoms with Crippen molar-refractivity contribution in [1.82, 2.24) is 15.0 Å². The molecule has 0 atom stereocenters. The lowest BCUT2D eigenvalue weighted by Crippen LogP contribution is -2.09. The number of aromatic hydroxyl groups is 1. The van der Waals surface area contributed by atoms with Gasteiger partial charge in [0.15, 0.2) is 11.4 Å². The van der Waals surface area contributed by atoms with E-state index < -0.39 is 23.5 Å². The number of hydrogen-bond donors (Lipinski definition) is 1. The minimum absolute atomic E-state index is 0.0319. The molecule has 0 fully saturated rings. The van der Waals surface area contributed by atoms with Gasteiger partial charge in [0.05, 0.1) is 29.6 Å². The zero-order valence-electron chi connectivity index (χ0n) is 13.4. The van der Waals surface area contributed by atoms with E-state index in [-0.39, 0.29) is 34.6 Å². The lowest BCUT2D eigenvalue weighted by Gasteiger charge is -2.12. The van der Waals surface area contributed by atoms with Gasteiger partial charge in [-0.1, -0.05) is 0 Å². The molecule has 0 amide bonds. The topological polar surface area (TPSA) is 85.2 Å². The second-order valence-corrected chi connectivity index (χ2v) is 5.20. The lowest BCUT2D eigenvalue weighted by atomic mass is 10.1. The summed E-state index contributed by atoms with van der Waals surface area (Å²) in [5.41, 5.74) is -1.46. The van der Waals surface area contributed by atoms with Crippen LogP contribution in [0.3, 0.4) is 0 Å². The van der Waals surface area contributed by atoms with E-state index in [4.69, 9.17) is 4.74 Å². The molecule has 0 aliphatic rings. The van der Waals surface area contributed by atoms with Crippen molar-refractivity contribution in [1.29, 1.82) is 0 Å². The van der Waals surface area contributed by atoms with Gasteiger partial charge in [0.2, 0.25) is 0 Å². The minimum atomic E-state index is -4.59. The molecule has 1 N–H and O–H groups in total. The van der Waals surface area contributed by atoms with Crippen LogP contribution in [0, 0.1) is 0 Å². The van der Waals surface area contributed by atoms with Crippen molar-refractivity contribution in [2.75, 3.05) is 6.61 Å². The van der Waals surface area contributed by atoms with E-state index in [1.807, 2.05) is 0 Å². The van der Waals surface area contributed by atoms with Crippen LogP contribution in [-0.2, 0) is 10.9 Å². The number of esters is 1. The van der Waals surface area contributed by atoms with Crippen LogP contribution in [0.2, 0.25) is 0 Å². The number of aromatic nitrogens is 3.